The molecular weight excluding hydrogens is 353 g/mol. The molecule has 1 amide bonds. The molecule has 0 fully saturated rings. The molecule has 0 N–H and O–H groups in total. The Balaban J connectivity index is 1.68. The van der Waals surface area contributed by atoms with E-state index in [0.29, 0.717) is 12.9 Å². The lowest BCUT2D eigenvalue weighted by Crippen LogP contribution is -2.38. The minimum atomic E-state index is 0.0807. The number of amides is 1. The van der Waals surface area contributed by atoms with E-state index in [2.05, 4.69) is 6.07 Å². The van der Waals surface area contributed by atoms with Crippen molar-refractivity contribution in [2.75, 3.05) is 20.2 Å². The third-order valence-electron chi connectivity index (χ3n) is 4.80. The number of carbonyl (C=O) groups is 1. The third kappa shape index (κ3) is 4.58. The maximum atomic E-state index is 12.8. The number of halogens is 1. The molecule has 1 aliphatic rings. The molecule has 0 atom stereocenters. The van der Waals surface area contributed by atoms with E-state index in [4.69, 9.17) is 4.74 Å². The highest BCUT2D eigenvalue weighted by molar-refractivity contribution is 5.97. The Morgan fingerprint density at radius 2 is 1.89 bits per heavy atom. The molecule has 3 nitrogen and oxygen atoms in total. The van der Waals surface area contributed by atoms with Crippen molar-refractivity contribution in [1.29, 1.82) is 0 Å². The van der Waals surface area contributed by atoms with Gasteiger partial charge in [-0.15, -0.1) is 0 Å². The van der Waals surface area contributed by atoms with Gasteiger partial charge in [0, 0.05) is 24.2 Å². The van der Waals surface area contributed by atoms with Gasteiger partial charge in [-0.05, 0) is 42.2 Å². The zero-order chi connectivity index (χ0) is 19.8. The Morgan fingerprint density at radius 3 is 2.71 bits per heavy atom. The van der Waals surface area contributed by atoms with E-state index in [1.165, 1.54) is 6.08 Å². The average Bonchev–Trinajstić information content (AvgIpc) is 2.74. The number of hydrogen-bond acceptors (Lipinski definition) is 2. The van der Waals surface area contributed by atoms with Crippen LogP contribution in [0, 0.1) is 0 Å². The second kappa shape index (κ2) is 9.70. The molecule has 28 heavy (non-hydrogen) atoms. The summed E-state index contributed by atoms with van der Waals surface area (Å²) in [4.78, 5) is 14.7. The highest BCUT2D eigenvalue weighted by atomic mass is 19.1. The van der Waals surface area contributed by atoms with Crippen LogP contribution in [0.15, 0.2) is 79.2 Å². The van der Waals surface area contributed by atoms with E-state index >= 15 is 0 Å². The Morgan fingerprint density at radius 1 is 1.07 bits per heavy atom. The number of methoxy groups -OCH3 is 1. The number of para-hydroxylation sites is 1. The first-order valence-corrected chi connectivity index (χ1v) is 9.38. The quantitative estimate of drug-likeness (QED) is 0.609. The van der Waals surface area contributed by atoms with Crippen LogP contribution in [-0.2, 0) is 6.42 Å². The molecule has 2 aromatic rings. The summed E-state index contributed by atoms with van der Waals surface area (Å²) in [6.45, 7) is 1.39. The summed E-state index contributed by atoms with van der Waals surface area (Å²) >= 11 is 0. The van der Waals surface area contributed by atoms with Gasteiger partial charge >= 0.3 is 0 Å². The molecule has 144 valence electrons. The Bertz CT molecular complexity index is 915. The van der Waals surface area contributed by atoms with Crippen molar-refractivity contribution < 1.29 is 13.9 Å². The number of allylic oxidation sites excluding steroid dienone is 4. The van der Waals surface area contributed by atoms with Gasteiger partial charge in [0.15, 0.2) is 0 Å². The minimum Gasteiger partial charge on any atom is -0.496 e. The molecule has 0 spiro atoms. The molecule has 4 heteroatoms. The lowest BCUT2D eigenvalue weighted by Gasteiger charge is -2.28. The predicted molar refractivity (Wildman–Crippen MR) is 111 cm³/mol. The van der Waals surface area contributed by atoms with Crippen LogP contribution >= 0.6 is 0 Å². The fraction of sp³-hybridized carbons (Fsp3) is 0.208. The predicted octanol–water partition coefficient (Wildman–Crippen LogP) is 5.35. The van der Waals surface area contributed by atoms with E-state index < -0.39 is 0 Å². The van der Waals surface area contributed by atoms with Gasteiger partial charge in [0.1, 0.15) is 5.75 Å². The van der Waals surface area contributed by atoms with Gasteiger partial charge < -0.3 is 9.64 Å². The molecular formula is C24H24FNO2. The topological polar surface area (TPSA) is 29.5 Å². The van der Waals surface area contributed by atoms with Gasteiger partial charge in [-0.25, -0.2) is 4.39 Å². The molecule has 1 aliphatic heterocycles. The second-order valence-corrected chi connectivity index (χ2v) is 6.53. The van der Waals surface area contributed by atoms with Crippen molar-refractivity contribution in [2.24, 2.45) is 0 Å². The summed E-state index contributed by atoms with van der Waals surface area (Å²) in [6.07, 6.45) is 10.7. The molecule has 3 rings (SSSR count). The summed E-state index contributed by atoms with van der Waals surface area (Å²) in [5, 5.41) is 0. The lowest BCUT2D eigenvalue weighted by molar-refractivity contribution is 0.0743. The third-order valence-corrected chi connectivity index (χ3v) is 4.80. The van der Waals surface area contributed by atoms with Crippen LogP contribution in [0.1, 0.15) is 22.3 Å². The molecule has 1 heterocycles. The first-order chi connectivity index (χ1) is 13.7. The Kier molecular flexibility index (Phi) is 6.79. The van der Waals surface area contributed by atoms with Crippen molar-refractivity contribution in [3.63, 3.8) is 0 Å². The molecule has 0 unspecified atom stereocenters. The highest BCUT2D eigenvalue weighted by Crippen LogP contribution is 2.32. The van der Waals surface area contributed by atoms with Crippen LogP contribution in [0.4, 0.5) is 4.39 Å². The number of carbonyl (C=O) groups excluding carboxylic acids is 1. The largest absolute Gasteiger partial charge is 0.496 e. The molecule has 0 aromatic heterocycles. The SMILES string of the molecule is COc1ccccc1-c1ccc2c(c1)CCN(CC/C=C/C=C\C=C\F)C2=O. The Labute approximate surface area is 165 Å². The van der Waals surface area contributed by atoms with Crippen molar-refractivity contribution in [3.05, 3.63) is 90.3 Å². The molecule has 0 bridgehead atoms. The first-order valence-electron chi connectivity index (χ1n) is 9.38. The molecule has 0 radical (unpaired) electrons. The minimum absolute atomic E-state index is 0.0807. The van der Waals surface area contributed by atoms with Gasteiger partial charge in [0.2, 0.25) is 0 Å². The maximum absolute atomic E-state index is 12.8. The van der Waals surface area contributed by atoms with Crippen LogP contribution in [0.25, 0.3) is 11.1 Å². The van der Waals surface area contributed by atoms with Crippen LogP contribution < -0.4 is 4.74 Å². The van der Waals surface area contributed by atoms with E-state index in [9.17, 15) is 9.18 Å². The number of benzene rings is 2. The first kappa shape index (κ1) is 19.6. The summed E-state index contributed by atoms with van der Waals surface area (Å²) < 4.78 is 17.3. The fourth-order valence-electron chi connectivity index (χ4n) is 3.38. The number of nitrogens with zero attached hydrogens (tertiary/aromatic N) is 1. The maximum Gasteiger partial charge on any atom is 0.254 e. The van der Waals surface area contributed by atoms with Gasteiger partial charge in [0.05, 0.1) is 13.4 Å². The number of ether oxygens (including phenoxy) is 1. The molecule has 0 saturated carbocycles. The molecule has 2 aromatic carbocycles. The summed E-state index contributed by atoms with van der Waals surface area (Å²) in [5.74, 6) is 0.909. The average molecular weight is 377 g/mol. The zero-order valence-corrected chi connectivity index (χ0v) is 16.0. The van der Waals surface area contributed by atoms with Crippen molar-refractivity contribution in [2.45, 2.75) is 12.8 Å². The van der Waals surface area contributed by atoms with Gasteiger partial charge in [-0.3, -0.25) is 4.79 Å². The number of fused-ring (bicyclic) bond motifs is 1. The molecule has 0 saturated heterocycles. The van der Waals surface area contributed by atoms with Gasteiger partial charge in [-0.2, -0.15) is 0 Å². The summed E-state index contributed by atoms with van der Waals surface area (Å²) in [7, 11) is 1.67. The number of rotatable bonds is 7. The van der Waals surface area contributed by atoms with Crippen LogP contribution in [0.5, 0.6) is 5.75 Å². The van der Waals surface area contributed by atoms with E-state index in [1.807, 2.05) is 53.5 Å². The van der Waals surface area contributed by atoms with Gasteiger partial charge in [0.25, 0.3) is 5.91 Å². The van der Waals surface area contributed by atoms with Crippen LogP contribution in [0.3, 0.4) is 0 Å². The van der Waals surface area contributed by atoms with Crippen LogP contribution in [0.2, 0.25) is 0 Å². The van der Waals surface area contributed by atoms with E-state index in [0.717, 1.165) is 47.4 Å². The molecule has 0 aliphatic carbocycles. The smallest absolute Gasteiger partial charge is 0.254 e. The lowest BCUT2D eigenvalue weighted by atomic mass is 9.93. The highest BCUT2D eigenvalue weighted by Gasteiger charge is 2.24. The van der Waals surface area contributed by atoms with Crippen molar-refractivity contribution in [3.8, 4) is 16.9 Å². The Hall–Kier alpha value is -3.14. The monoisotopic (exact) mass is 377 g/mol. The zero-order valence-electron chi connectivity index (χ0n) is 16.0. The summed E-state index contributed by atoms with van der Waals surface area (Å²) in [6, 6.07) is 13.9. The van der Waals surface area contributed by atoms with Crippen molar-refractivity contribution in [1.82, 2.24) is 4.90 Å². The summed E-state index contributed by atoms with van der Waals surface area (Å²) in [5.41, 5.74) is 3.96. The normalized spacial score (nSPS) is 14.4. The fourth-order valence-corrected chi connectivity index (χ4v) is 3.38. The van der Waals surface area contributed by atoms with Gasteiger partial charge in [-0.1, -0.05) is 54.6 Å². The van der Waals surface area contributed by atoms with Crippen LogP contribution in [-0.4, -0.2) is 31.0 Å². The van der Waals surface area contributed by atoms with E-state index in [1.54, 1.807) is 19.3 Å². The number of hydrogen-bond donors (Lipinski definition) is 0. The standard InChI is InChI=1S/C24H24FNO2/c1-28-23-11-7-6-10-21(23)19-12-13-22-20(18-19)14-17-26(24(22)27)16-9-5-3-2-4-8-15-25/h2-8,10-13,15,18H,9,14,16-17H2,1H3/b4-2-,5-3+,15-8+. The van der Waals surface area contributed by atoms with Crippen molar-refractivity contribution >= 4 is 5.91 Å². The second-order valence-electron chi connectivity index (χ2n) is 6.53. The van der Waals surface area contributed by atoms with E-state index in [-0.39, 0.29) is 5.91 Å².